The summed E-state index contributed by atoms with van der Waals surface area (Å²) in [5.41, 5.74) is 8.83. The van der Waals surface area contributed by atoms with E-state index in [9.17, 15) is 0 Å². The average molecular weight is 447 g/mol. The van der Waals surface area contributed by atoms with Gasteiger partial charge in [0.05, 0.1) is 0 Å². The predicted octanol–water partition coefficient (Wildman–Crippen LogP) is -0.868. The van der Waals surface area contributed by atoms with Crippen LogP contribution in [0.4, 0.5) is 0 Å². The Kier molecular flexibility index (Phi) is 5.63. The molecule has 0 fully saturated rings. The SMILES string of the molecule is [Cl-].[Cl-].[Zr+2][CH]1C=Cc2c1cccc2-n1c2c(c3ccccc31)CCCC2. The molecule has 0 bridgehead atoms. The Balaban J connectivity index is 0.000000911. The molecule has 0 N–H and O–H groups in total. The van der Waals surface area contributed by atoms with E-state index < -0.39 is 0 Å². The van der Waals surface area contributed by atoms with Gasteiger partial charge in [-0.3, -0.25) is 0 Å². The topological polar surface area (TPSA) is 4.93 Å². The number of aromatic nitrogens is 1. The van der Waals surface area contributed by atoms with Crippen LogP contribution >= 0.6 is 0 Å². The minimum absolute atomic E-state index is 0. The summed E-state index contributed by atoms with van der Waals surface area (Å²) in [6.07, 6.45) is 9.79. The molecule has 3 aromatic rings. The first-order valence-electron chi connectivity index (χ1n) is 8.48. The van der Waals surface area contributed by atoms with Gasteiger partial charge >= 0.3 is 152 Å². The third-order valence-corrected chi connectivity index (χ3v) is 6.56. The molecule has 1 aromatic heterocycles. The molecule has 0 aliphatic heterocycles. The van der Waals surface area contributed by atoms with Crippen molar-refractivity contribution in [2.45, 2.75) is 29.3 Å². The maximum atomic E-state index is 2.56. The zero-order chi connectivity index (χ0) is 15.4. The van der Waals surface area contributed by atoms with Gasteiger partial charge < -0.3 is 24.8 Å². The van der Waals surface area contributed by atoms with Gasteiger partial charge in [-0.1, -0.05) is 0 Å². The summed E-state index contributed by atoms with van der Waals surface area (Å²) in [6.45, 7) is 0. The van der Waals surface area contributed by atoms with E-state index in [2.05, 4.69) is 59.2 Å². The molecule has 125 valence electrons. The standard InChI is InChI=1S/C21H18N.2ClH.Zr/c1-3-12-20-17(9-1)18-10-2-4-13-21(18)22(20)19-14-6-8-15-7-5-11-16(15)19;;;/h1,3,5-9,11-12,14H,2,4,10,13H2;2*1H;/q;;;+2/p-2. The van der Waals surface area contributed by atoms with E-state index in [1.165, 1.54) is 53.4 Å². The van der Waals surface area contributed by atoms with E-state index >= 15 is 0 Å². The first kappa shape index (κ1) is 19.0. The number of fused-ring (bicyclic) bond motifs is 4. The summed E-state index contributed by atoms with van der Waals surface area (Å²) in [5.74, 6) is 0. The summed E-state index contributed by atoms with van der Waals surface area (Å²) in [7, 11) is 0. The number of halogens is 2. The zero-order valence-corrected chi connectivity index (χ0v) is 17.8. The van der Waals surface area contributed by atoms with Gasteiger partial charge in [0.15, 0.2) is 0 Å². The van der Waals surface area contributed by atoms with Gasteiger partial charge in [-0.25, -0.2) is 0 Å². The third-order valence-electron chi connectivity index (χ3n) is 5.33. The van der Waals surface area contributed by atoms with E-state index in [1.807, 2.05) is 0 Å². The number of para-hydroxylation sites is 1. The number of rotatable bonds is 1. The van der Waals surface area contributed by atoms with Crippen molar-refractivity contribution in [1.29, 1.82) is 0 Å². The second-order valence-corrected chi connectivity index (χ2v) is 8.13. The van der Waals surface area contributed by atoms with Crippen molar-refractivity contribution >= 4 is 17.0 Å². The monoisotopic (exact) mass is 444 g/mol. The maximum absolute atomic E-state index is 2.56. The Morgan fingerprint density at radius 3 is 2.60 bits per heavy atom. The van der Waals surface area contributed by atoms with Gasteiger partial charge in [0, 0.05) is 0 Å². The zero-order valence-electron chi connectivity index (χ0n) is 13.8. The van der Waals surface area contributed by atoms with Crippen molar-refractivity contribution in [2.24, 2.45) is 0 Å². The molecule has 0 amide bonds. The Labute approximate surface area is 176 Å². The van der Waals surface area contributed by atoms with Crippen LogP contribution in [0.5, 0.6) is 0 Å². The van der Waals surface area contributed by atoms with Crippen molar-refractivity contribution < 1.29 is 49.5 Å². The summed E-state index contributed by atoms with van der Waals surface area (Å²) in [6, 6.07) is 15.8. The number of benzene rings is 2. The van der Waals surface area contributed by atoms with Crippen LogP contribution in [-0.2, 0) is 37.6 Å². The van der Waals surface area contributed by atoms with E-state index in [0.717, 1.165) is 0 Å². The fraction of sp³-hybridized carbons (Fsp3) is 0.238. The van der Waals surface area contributed by atoms with Crippen LogP contribution in [0.1, 0.15) is 38.9 Å². The van der Waals surface area contributed by atoms with Crippen LogP contribution < -0.4 is 24.8 Å². The molecular weight excluding hydrogens is 428 g/mol. The van der Waals surface area contributed by atoms with Crippen LogP contribution in [0.3, 0.4) is 0 Å². The van der Waals surface area contributed by atoms with Gasteiger partial charge in [-0.2, -0.15) is 0 Å². The molecule has 0 saturated carbocycles. The summed E-state index contributed by atoms with van der Waals surface area (Å²) in [4.78, 5) is 0. The third kappa shape index (κ3) is 2.87. The Morgan fingerprint density at radius 1 is 0.920 bits per heavy atom. The van der Waals surface area contributed by atoms with Crippen molar-refractivity contribution in [3.63, 3.8) is 0 Å². The molecule has 25 heavy (non-hydrogen) atoms. The van der Waals surface area contributed by atoms with Crippen LogP contribution in [0.2, 0.25) is 0 Å². The van der Waals surface area contributed by atoms with Crippen LogP contribution in [-0.4, -0.2) is 4.57 Å². The Morgan fingerprint density at radius 2 is 1.72 bits per heavy atom. The second-order valence-electron chi connectivity index (χ2n) is 6.60. The molecule has 5 rings (SSSR count). The molecule has 0 radical (unpaired) electrons. The second kappa shape index (κ2) is 7.43. The molecule has 1 heterocycles. The van der Waals surface area contributed by atoms with E-state index in [0.29, 0.717) is 3.63 Å². The average Bonchev–Trinajstić information content (AvgIpc) is 3.14. The van der Waals surface area contributed by atoms with E-state index in [1.54, 1.807) is 36.0 Å². The number of allylic oxidation sites excluding steroid dienone is 1. The Hall–Kier alpha value is -0.817. The van der Waals surface area contributed by atoms with E-state index in [4.69, 9.17) is 0 Å². The summed E-state index contributed by atoms with van der Waals surface area (Å²) in [5, 5.41) is 1.46. The number of hydrogen-bond donors (Lipinski definition) is 0. The van der Waals surface area contributed by atoms with Crippen LogP contribution in [0.25, 0.3) is 22.7 Å². The van der Waals surface area contributed by atoms with Crippen molar-refractivity contribution in [3.05, 3.63) is 70.9 Å². The Bertz CT molecular complexity index is 958. The normalized spacial score (nSPS) is 17.6. The molecule has 2 aromatic carbocycles. The molecule has 1 unspecified atom stereocenters. The fourth-order valence-corrected chi connectivity index (χ4v) is 5.14. The molecule has 4 heteroatoms. The van der Waals surface area contributed by atoms with Crippen LogP contribution in [0.15, 0.2) is 48.5 Å². The first-order chi connectivity index (χ1) is 11.3. The predicted molar refractivity (Wildman–Crippen MR) is 91.7 cm³/mol. The van der Waals surface area contributed by atoms with Gasteiger partial charge in [0.25, 0.3) is 0 Å². The van der Waals surface area contributed by atoms with Gasteiger partial charge in [-0.15, -0.1) is 0 Å². The number of hydrogen-bond acceptors (Lipinski definition) is 0. The van der Waals surface area contributed by atoms with Crippen molar-refractivity contribution in [2.75, 3.05) is 0 Å². The molecule has 2 aliphatic carbocycles. The van der Waals surface area contributed by atoms with Crippen molar-refractivity contribution in [1.82, 2.24) is 4.57 Å². The molecule has 0 saturated heterocycles. The number of nitrogens with zero attached hydrogens (tertiary/aromatic N) is 1. The molecule has 2 aliphatic rings. The molecular formula is C21H18Cl2NZr. The van der Waals surface area contributed by atoms with Gasteiger partial charge in [-0.05, 0) is 0 Å². The summed E-state index contributed by atoms with van der Waals surface area (Å²) >= 11 is 1.58. The quantitative estimate of drug-likeness (QED) is 0.458. The minimum atomic E-state index is 0. The molecule has 0 spiro atoms. The first-order valence-corrected chi connectivity index (χ1v) is 9.90. The number of aryl methyl sites for hydroxylation is 1. The molecule has 1 atom stereocenters. The van der Waals surface area contributed by atoms with E-state index in [-0.39, 0.29) is 24.8 Å². The summed E-state index contributed by atoms with van der Waals surface area (Å²) < 4.78 is 3.18. The molecule has 1 nitrogen and oxygen atoms in total. The van der Waals surface area contributed by atoms with Gasteiger partial charge in [0.1, 0.15) is 0 Å². The fourth-order valence-electron chi connectivity index (χ4n) is 4.28. The van der Waals surface area contributed by atoms with Crippen LogP contribution in [0, 0.1) is 0 Å². The van der Waals surface area contributed by atoms with Crippen molar-refractivity contribution in [3.8, 4) is 5.69 Å². The van der Waals surface area contributed by atoms with Gasteiger partial charge in [0.2, 0.25) is 0 Å².